The fourth-order valence-electron chi connectivity index (χ4n) is 3.43. The molecule has 23 heavy (non-hydrogen) atoms. The van der Waals surface area contributed by atoms with Gasteiger partial charge in [-0.3, -0.25) is 9.59 Å². The summed E-state index contributed by atoms with van der Waals surface area (Å²) in [6, 6.07) is 7.60. The van der Waals surface area contributed by atoms with Gasteiger partial charge < -0.3 is 5.32 Å². The van der Waals surface area contributed by atoms with Crippen molar-refractivity contribution in [3.8, 4) is 0 Å². The summed E-state index contributed by atoms with van der Waals surface area (Å²) in [5.74, 6) is 0.365. The summed E-state index contributed by atoms with van der Waals surface area (Å²) in [6.07, 6.45) is 4.56. The predicted octanol–water partition coefficient (Wildman–Crippen LogP) is 2.40. The van der Waals surface area contributed by atoms with Crippen molar-refractivity contribution < 1.29 is 4.79 Å². The van der Waals surface area contributed by atoms with Gasteiger partial charge in [0.05, 0.1) is 11.1 Å². The number of aromatic nitrogens is 2. The van der Waals surface area contributed by atoms with Crippen molar-refractivity contribution in [2.45, 2.75) is 52.1 Å². The van der Waals surface area contributed by atoms with Crippen molar-refractivity contribution in [3.63, 3.8) is 0 Å². The fraction of sp³-hybridized carbons (Fsp3) is 0.500. The number of nitrogens with one attached hydrogen (secondary N) is 1. The molecule has 1 saturated carbocycles. The molecule has 122 valence electrons. The topological polar surface area (TPSA) is 64.0 Å². The maximum absolute atomic E-state index is 12.5. The van der Waals surface area contributed by atoms with Gasteiger partial charge in [-0.15, -0.1) is 0 Å². The highest BCUT2D eigenvalue weighted by atomic mass is 16.2. The summed E-state index contributed by atoms with van der Waals surface area (Å²) in [7, 11) is 0. The first-order valence-electron chi connectivity index (χ1n) is 8.32. The van der Waals surface area contributed by atoms with E-state index >= 15 is 0 Å². The van der Waals surface area contributed by atoms with Crippen molar-refractivity contribution >= 4 is 16.7 Å². The third-order valence-corrected chi connectivity index (χ3v) is 4.80. The molecule has 3 rings (SSSR count). The highest BCUT2D eigenvalue weighted by Gasteiger charge is 2.23. The summed E-state index contributed by atoms with van der Waals surface area (Å²) < 4.78 is 1.28. The molecule has 0 bridgehead atoms. The van der Waals surface area contributed by atoms with E-state index in [1.807, 2.05) is 25.1 Å². The van der Waals surface area contributed by atoms with Crippen molar-refractivity contribution in [1.29, 1.82) is 0 Å². The molecule has 0 spiro atoms. The van der Waals surface area contributed by atoms with E-state index in [-0.39, 0.29) is 24.1 Å². The molecule has 1 heterocycles. The van der Waals surface area contributed by atoms with E-state index in [4.69, 9.17) is 0 Å². The number of carbonyl (C=O) groups excluding carboxylic acids is 1. The van der Waals surface area contributed by atoms with Gasteiger partial charge in [0.1, 0.15) is 6.54 Å². The normalized spacial score (nSPS) is 21.3. The smallest absolute Gasteiger partial charge is 0.275 e. The van der Waals surface area contributed by atoms with Gasteiger partial charge in [0, 0.05) is 11.4 Å². The molecule has 0 saturated heterocycles. The Morgan fingerprint density at radius 3 is 2.70 bits per heavy atom. The number of hydrogen-bond donors (Lipinski definition) is 1. The molecule has 1 fully saturated rings. The number of hydrogen-bond acceptors (Lipinski definition) is 3. The highest BCUT2D eigenvalue weighted by molar-refractivity contribution is 5.83. The van der Waals surface area contributed by atoms with Crippen LogP contribution in [0.25, 0.3) is 10.8 Å². The molecule has 0 unspecified atom stereocenters. The minimum Gasteiger partial charge on any atom is -0.351 e. The van der Waals surface area contributed by atoms with Crippen molar-refractivity contribution in [3.05, 3.63) is 40.3 Å². The molecule has 1 aromatic carbocycles. The standard InChI is InChI=1S/C18H23N3O2/c1-12-7-3-6-10-16(12)19-17(22)11-21-18(23)15-9-5-4-8-14(15)13(2)20-21/h4-5,8-9,12,16H,3,6-7,10-11H2,1-2H3,(H,19,22)/t12-,16+/m1/s1. The quantitative estimate of drug-likeness (QED) is 0.946. The first-order chi connectivity index (χ1) is 11.1. The molecule has 1 N–H and O–H groups in total. The largest absolute Gasteiger partial charge is 0.351 e. The van der Waals surface area contributed by atoms with Crippen LogP contribution in [-0.2, 0) is 11.3 Å². The van der Waals surface area contributed by atoms with Gasteiger partial charge in [-0.05, 0) is 31.7 Å². The molecule has 1 aliphatic carbocycles. The molecule has 1 aromatic heterocycles. The molecule has 5 heteroatoms. The number of amides is 1. The lowest BCUT2D eigenvalue weighted by atomic mass is 9.86. The molecule has 5 nitrogen and oxygen atoms in total. The van der Waals surface area contributed by atoms with E-state index in [0.717, 1.165) is 30.3 Å². The van der Waals surface area contributed by atoms with Gasteiger partial charge in [-0.2, -0.15) is 5.10 Å². The first kappa shape index (κ1) is 15.7. The molecule has 2 atom stereocenters. The fourth-order valence-corrected chi connectivity index (χ4v) is 3.43. The Hall–Kier alpha value is -2.17. The van der Waals surface area contributed by atoms with E-state index in [1.54, 1.807) is 6.07 Å². The number of carbonyl (C=O) groups is 1. The molecule has 1 aliphatic rings. The highest BCUT2D eigenvalue weighted by Crippen LogP contribution is 2.23. The second-order valence-corrected chi connectivity index (χ2v) is 6.53. The molecular formula is C18H23N3O2. The van der Waals surface area contributed by atoms with Crippen LogP contribution >= 0.6 is 0 Å². The second kappa shape index (κ2) is 6.52. The van der Waals surface area contributed by atoms with E-state index in [1.165, 1.54) is 11.1 Å². The van der Waals surface area contributed by atoms with E-state index < -0.39 is 0 Å². The molecule has 1 amide bonds. The summed E-state index contributed by atoms with van der Waals surface area (Å²) in [4.78, 5) is 24.8. The second-order valence-electron chi connectivity index (χ2n) is 6.53. The number of benzene rings is 1. The third kappa shape index (κ3) is 3.28. The van der Waals surface area contributed by atoms with E-state index in [9.17, 15) is 9.59 Å². The van der Waals surface area contributed by atoms with Crippen LogP contribution < -0.4 is 10.9 Å². The van der Waals surface area contributed by atoms with Crippen LogP contribution in [0, 0.1) is 12.8 Å². The van der Waals surface area contributed by atoms with Crippen LogP contribution in [0.5, 0.6) is 0 Å². The van der Waals surface area contributed by atoms with Crippen LogP contribution in [-0.4, -0.2) is 21.7 Å². The summed E-state index contributed by atoms with van der Waals surface area (Å²) in [5.41, 5.74) is 0.553. The monoisotopic (exact) mass is 313 g/mol. The number of rotatable bonds is 3. The number of nitrogens with zero attached hydrogens (tertiary/aromatic N) is 2. The van der Waals surface area contributed by atoms with Crippen molar-refractivity contribution in [2.75, 3.05) is 0 Å². The Bertz CT molecular complexity index is 781. The van der Waals surface area contributed by atoms with Crippen molar-refractivity contribution in [1.82, 2.24) is 15.1 Å². The Morgan fingerprint density at radius 1 is 1.26 bits per heavy atom. The summed E-state index contributed by atoms with van der Waals surface area (Å²) in [5, 5.41) is 8.82. The lowest BCUT2D eigenvalue weighted by molar-refractivity contribution is -0.123. The van der Waals surface area contributed by atoms with Gasteiger partial charge >= 0.3 is 0 Å². The zero-order valence-corrected chi connectivity index (χ0v) is 13.7. The van der Waals surface area contributed by atoms with Crippen LogP contribution in [0.3, 0.4) is 0 Å². The zero-order valence-electron chi connectivity index (χ0n) is 13.7. The molecule has 0 aliphatic heterocycles. The molecule has 0 radical (unpaired) electrons. The average Bonchev–Trinajstić information content (AvgIpc) is 2.54. The van der Waals surface area contributed by atoms with Gasteiger partial charge in [-0.1, -0.05) is 38.0 Å². The minimum absolute atomic E-state index is 0.0201. The number of aryl methyl sites for hydroxylation is 1. The van der Waals surface area contributed by atoms with Crippen molar-refractivity contribution in [2.24, 2.45) is 5.92 Å². The maximum atomic E-state index is 12.5. The molecular weight excluding hydrogens is 290 g/mol. The SMILES string of the molecule is Cc1nn(CC(=O)N[C@H]2CCCC[C@H]2C)c(=O)c2ccccc12. The average molecular weight is 313 g/mol. The van der Waals surface area contributed by atoms with Gasteiger partial charge in [0.2, 0.25) is 5.91 Å². The Balaban J connectivity index is 1.80. The Morgan fingerprint density at radius 2 is 1.96 bits per heavy atom. The lowest BCUT2D eigenvalue weighted by Gasteiger charge is -2.29. The van der Waals surface area contributed by atoms with Crippen LogP contribution in [0.1, 0.15) is 38.3 Å². The minimum atomic E-state index is -0.210. The van der Waals surface area contributed by atoms with E-state index in [0.29, 0.717) is 11.3 Å². The maximum Gasteiger partial charge on any atom is 0.275 e. The zero-order chi connectivity index (χ0) is 16.4. The lowest BCUT2D eigenvalue weighted by Crippen LogP contribution is -2.43. The summed E-state index contributed by atoms with van der Waals surface area (Å²) >= 11 is 0. The predicted molar refractivity (Wildman–Crippen MR) is 90.3 cm³/mol. The molecule has 2 aromatic rings. The van der Waals surface area contributed by atoms with Crippen LogP contribution in [0.4, 0.5) is 0 Å². The Labute approximate surface area is 135 Å². The first-order valence-corrected chi connectivity index (χ1v) is 8.32. The van der Waals surface area contributed by atoms with E-state index in [2.05, 4.69) is 17.3 Å². The summed E-state index contributed by atoms with van der Waals surface area (Å²) in [6.45, 7) is 4.02. The van der Waals surface area contributed by atoms with Crippen LogP contribution in [0.15, 0.2) is 29.1 Å². The van der Waals surface area contributed by atoms with Crippen LogP contribution in [0.2, 0.25) is 0 Å². The number of fused-ring (bicyclic) bond motifs is 1. The van der Waals surface area contributed by atoms with Gasteiger partial charge in [-0.25, -0.2) is 4.68 Å². The Kier molecular flexibility index (Phi) is 4.46. The third-order valence-electron chi connectivity index (χ3n) is 4.80. The van der Waals surface area contributed by atoms with Gasteiger partial charge in [0.15, 0.2) is 0 Å². The van der Waals surface area contributed by atoms with Gasteiger partial charge in [0.25, 0.3) is 5.56 Å².